The van der Waals surface area contributed by atoms with E-state index in [0.717, 1.165) is 23.3 Å². The Bertz CT molecular complexity index is 452. The lowest BCUT2D eigenvalue weighted by atomic mass is 9.70. The first-order valence-electron chi connectivity index (χ1n) is 5.90. The summed E-state index contributed by atoms with van der Waals surface area (Å²) in [5, 5.41) is 3.10. The molecule has 1 unspecified atom stereocenters. The van der Waals surface area contributed by atoms with Gasteiger partial charge in [-0.05, 0) is 24.9 Å². The van der Waals surface area contributed by atoms with Crippen LogP contribution in [0.4, 0.5) is 0 Å². The predicted molar refractivity (Wildman–Crippen MR) is 67.8 cm³/mol. The smallest absolute Gasteiger partial charge is 0.180 e. The fraction of sp³-hybridized carbons (Fsp3) is 0.500. The van der Waals surface area contributed by atoms with E-state index in [1.165, 1.54) is 0 Å². The maximum atomic E-state index is 12.3. The zero-order valence-electron chi connectivity index (χ0n) is 10.8. The SMILES string of the molecule is CNC1CC(C)(C)c2c(OC)cccc2C1=O. The van der Waals surface area contributed by atoms with Gasteiger partial charge in [0.2, 0.25) is 0 Å². The number of hydrogen-bond donors (Lipinski definition) is 1. The topological polar surface area (TPSA) is 38.3 Å². The minimum absolute atomic E-state index is 0.0521. The van der Waals surface area contributed by atoms with Crippen LogP contribution in [0.15, 0.2) is 18.2 Å². The molecular weight excluding hydrogens is 214 g/mol. The first-order chi connectivity index (χ1) is 8.01. The van der Waals surface area contributed by atoms with Crippen molar-refractivity contribution in [2.45, 2.75) is 31.7 Å². The van der Waals surface area contributed by atoms with E-state index in [0.29, 0.717) is 0 Å². The molecule has 17 heavy (non-hydrogen) atoms. The summed E-state index contributed by atoms with van der Waals surface area (Å²) in [5.74, 6) is 0.983. The average Bonchev–Trinajstić information content (AvgIpc) is 2.33. The highest BCUT2D eigenvalue weighted by Crippen LogP contribution is 2.41. The van der Waals surface area contributed by atoms with Crippen molar-refractivity contribution in [2.24, 2.45) is 0 Å². The summed E-state index contributed by atoms with van der Waals surface area (Å²) < 4.78 is 5.39. The maximum absolute atomic E-state index is 12.3. The van der Waals surface area contributed by atoms with Crippen LogP contribution in [0.1, 0.15) is 36.2 Å². The molecule has 0 saturated carbocycles. The fourth-order valence-corrected chi connectivity index (χ4v) is 2.73. The zero-order chi connectivity index (χ0) is 12.6. The van der Waals surface area contributed by atoms with Crippen LogP contribution < -0.4 is 10.1 Å². The summed E-state index contributed by atoms with van der Waals surface area (Å²) in [7, 11) is 3.49. The van der Waals surface area contributed by atoms with Gasteiger partial charge in [-0.2, -0.15) is 0 Å². The summed E-state index contributed by atoms with van der Waals surface area (Å²) in [6.45, 7) is 4.32. The highest BCUT2D eigenvalue weighted by molar-refractivity contribution is 6.03. The van der Waals surface area contributed by atoms with Gasteiger partial charge in [0.15, 0.2) is 5.78 Å². The molecule has 1 atom stereocenters. The Hall–Kier alpha value is -1.35. The van der Waals surface area contributed by atoms with E-state index < -0.39 is 0 Å². The summed E-state index contributed by atoms with van der Waals surface area (Å²) in [4.78, 5) is 12.3. The number of likely N-dealkylation sites (N-methyl/N-ethyl adjacent to an activating group) is 1. The molecule has 0 radical (unpaired) electrons. The van der Waals surface area contributed by atoms with E-state index >= 15 is 0 Å². The van der Waals surface area contributed by atoms with Crippen LogP contribution in [0.2, 0.25) is 0 Å². The average molecular weight is 233 g/mol. The molecule has 1 aromatic rings. The van der Waals surface area contributed by atoms with Crippen molar-refractivity contribution in [3.8, 4) is 5.75 Å². The van der Waals surface area contributed by atoms with E-state index in [1.807, 2.05) is 25.2 Å². The Morgan fingerprint density at radius 1 is 1.41 bits per heavy atom. The molecule has 0 amide bonds. The van der Waals surface area contributed by atoms with Crippen molar-refractivity contribution in [3.63, 3.8) is 0 Å². The van der Waals surface area contributed by atoms with Crippen molar-refractivity contribution in [1.82, 2.24) is 5.32 Å². The standard InChI is InChI=1S/C14H19NO2/c1-14(2)8-10(15-3)13(16)9-6-5-7-11(17-4)12(9)14/h5-7,10,15H,8H2,1-4H3. The molecule has 0 saturated heterocycles. The van der Waals surface area contributed by atoms with Crippen molar-refractivity contribution < 1.29 is 9.53 Å². The van der Waals surface area contributed by atoms with Gasteiger partial charge in [0.1, 0.15) is 5.75 Å². The monoisotopic (exact) mass is 233 g/mol. The van der Waals surface area contributed by atoms with Gasteiger partial charge in [0.05, 0.1) is 13.2 Å². The number of methoxy groups -OCH3 is 1. The lowest BCUT2D eigenvalue weighted by molar-refractivity contribution is 0.0909. The third kappa shape index (κ3) is 1.84. The number of ketones is 1. The van der Waals surface area contributed by atoms with Crippen molar-refractivity contribution in [2.75, 3.05) is 14.2 Å². The van der Waals surface area contributed by atoms with E-state index in [-0.39, 0.29) is 17.2 Å². The number of benzene rings is 1. The molecule has 3 nitrogen and oxygen atoms in total. The number of fused-ring (bicyclic) bond motifs is 1. The summed E-state index contributed by atoms with van der Waals surface area (Å²) in [6.07, 6.45) is 0.801. The first-order valence-corrected chi connectivity index (χ1v) is 5.90. The molecule has 1 aromatic carbocycles. The molecule has 1 N–H and O–H groups in total. The number of rotatable bonds is 2. The van der Waals surface area contributed by atoms with Crippen LogP contribution in [0.3, 0.4) is 0 Å². The number of ether oxygens (including phenoxy) is 1. The molecule has 1 aliphatic rings. The predicted octanol–water partition coefficient (Wildman–Crippen LogP) is 2.15. The van der Waals surface area contributed by atoms with Gasteiger partial charge < -0.3 is 10.1 Å². The molecule has 0 aliphatic heterocycles. The van der Waals surface area contributed by atoms with Crippen molar-refractivity contribution in [3.05, 3.63) is 29.3 Å². The van der Waals surface area contributed by atoms with Crippen LogP contribution in [0, 0.1) is 0 Å². The first kappa shape index (κ1) is 12.1. The van der Waals surface area contributed by atoms with Gasteiger partial charge in [0.25, 0.3) is 0 Å². The normalized spacial score (nSPS) is 22.1. The second-order valence-electron chi connectivity index (χ2n) is 5.18. The second kappa shape index (κ2) is 4.15. The third-order valence-corrected chi connectivity index (χ3v) is 3.57. The van der Waals surface area contributed by atoms with Crippen LogP contribution in [0.5, 0.6) is 5.75 Å². The molecule has 1 aliphatic carbocycles. The highest BCUT2D eigenvalue weighted by atomic mass is 16.5. The molecule has 0 aromatic heterocycles. The van der Waals surface area contributed by atoms with Gasteiger partial charge in [0, 0.05) is 11.1 Å². The lowest BCUT2D eigenvalue weighted by Gasteiger charge is -2.37. The van der Waals surface area contributed by atoms with E-state index in [2.05, 4.69) is 19.2 Å². The highest BCUT2D eigenvalue weighted by Gasteiger charge is 2.39. The van der Waals surface area contributed by atoms with Crippen molar-refractivity contribution in [1.29, 1.82) is 0 Å². The van der Waals surface area contributed by atoms with Gasteiger partial charge >= 0.3 is 0 Å². The van der Waals surface area contributed by atoms with E-state index in [1.54, 1.807) is 7.11 Å². The number of carbonyl (C=O) groups is 1. The number of hydrogen-bond acceptors (Lipinski definition) is 3. The number of nitrogens with one attached hydrogen (secondary N) is 1. The Balaban J connectivity index is 2.63. The number of Topliss-reactive ketones (excluding diaryl/α,β-unsaturated/α-hetero) is 1. The molecule has 0 bridgehead atoms. The molecule has 92 valence electrons. The quantitative estimate of drug-likeness (QED) is 0.850. The third-order valence-electron chi connectivity index (χ3n) is 3.57. The largest absolute Gasteiger partial charge is 0.496 e. The van der Waals surface area contributed by atoms with E-state index in [4.69, 9.17) is 4.74 Å². The van der Waals surface area contributed by atoms with Crippen LogP contribution >= 0.6 is 0 Å². The van der Waals surface area contributed by atoms with Gasteiger partial charge in [-0.15, -0.1) is 0 Å². The Morgan fingerprint density at radius 2 is 2.12 bits per heavy atom. The van der Waals surface area contributed by atoms with E-state index in [9.17, 15) is 4.79 Å². The van der Waals surface area contributed by atoms with Crippen LogP contribution in [0.25, 0.3) is 0 Å². The molecule has 0 heterocycles. The Kier molecular flexibility index (Phi) is 2.96. The molecular formula is C14H19NO2. The second-order valence-corrected chi connectivity index (χ2v) is 5.18. The minimum Gasteiger partial charge on any atom is -0.496 e. The molecule has 2 rings (SSSR count). The zero-order valence-corrected chi connectivity index (χ0v) is 10.8. The van der Waals surface area contributed by atoms with Gasteiger partial charge in [-0.3, -0.25) is 4.79 Å². The fourth-order valence-electron chi connectivity index (χ4n) is 2.73. The van der Waals surface area contributed by atoms with Crippen molar-refractivity contribution >= 4 is 5.78 Å². The summed E-state index contributed by atoms with van der Waals surface area (Å²) >= 11 is 0. The Labute approximate surface area is 102 Å². The summed E-state index contributed by atoms with van der Waals surface area (Å²) in [6, 6.07) is 5.60. The lowest BCUT2D eigenvalue weighted by Crippen LogP contribution is -2.44. The number of carbonyl (C=O) groups excluding carboxylic acids is 1. The minimum atomic E-state index is -0.0930. The Morgan fingerprint density at radius 3 is 2.71 bits per heavy atom. The molecule has 0 spiro atoms. The molecule has 0 fully saturated rings. The maximum Gasteiger partial charge on any atom is 0.180 e. The van der Waals surface area contributed by atoms with Gasteiger partial charge in [-0.1, -0.05) is 26.0 Å². The van der Waals surface area contributed by atoms with Gasteiger partial charge in [-0.25, -0.2) is 0 Å². The molecule has 3 heteroatoms. The summed E-state index contributed by atoms with van der Waals surface area (Å²) in [5.41, 5.74) is 1.78. The van der Waals surface area contributed by atoms with Crippen LogP contribution in [-0.2, 0) is 5.41 Å². The van der Waals surface area contributed by atoms with Crippen LogP contribution in [-0.4, -0.2) is 26.0 Å².